The highest BCUT2D eigenvalue weighted by molar-refractivity contribution is 6.35. The Hall–Kier alpha value is -4.23. The summed E-state index contributed by atoms with van der Waals surface area (Å²) >= 11 is 6.30. The molecule has 2 aromatic heterocycles. The molecule has 4 aromatic rings. The van der Waals surface area contributed by atoms with Gasteiger partial charge in [0.2, 0.25) is 5.95 Å². The molecule has 0 aliphatic rings. The normalized spacial score (nSPS) is 11.7. The molecule has 2 aromatic carbocycles. The van der Waals surface area contributed by atoms with Gasteiger partial charge in [-0.15, -0.1) is 0 Å². The fourth-order valence-electron chi connectivity index (χ4n) is 3.39. The van der Waals surface area contributed by atoms with E-state index in [0.717, 1.165) is 0 Å². The number of anilines is 2. The van der Waals surface area contributed by atoms with Crippen molar-refractivity contribution in [2.24, 2.45) is 0 Å². The highest BCUT2D eigenvalue weighted by atomic mass is 35.5. The number of nitriles is 1. The summed E-state index contributed by atoms with van der Waals surface area (Å²) in [5, 5.41) is 12.9. The first kappa shape index (κ1) is 22.0. The number of methoxy groups -OCH3 is 1. The van der Waals surface area contributed by atoms with Crippen LogP contribution in [0.4, 0.5) is 16.2 Å². The third kappa shape index (κ3) is 4.02. The summed E-state index contributed by atoms with van der Waals surface area (Å²) in [6, 6.07) is 10.3. The van der Waals surface area contributed by atoms with Gasteiger partial charge < -0.3 is 15.8 Å². The van der Waals surface area contributed by atoms with Gasteiger partial charge >= 0.3 is 0 Å². The monoisotopic (exact) mass is 465 g/mol. The van der Waals surface area contributed by atoms with Crippen LogP contribution in [0.3, 0.4) is 0 Å². The Morgan fingerprint density at radius 2 is 2.09 bits per heavy atom. The number of rotatable bonds is 5. The van der Waals surface area contributed by atoms with Crippen LogP contribution in [0.15, 0.2) is 47.4 Å². The number of fused-ring (bicyclic) bond motifs is 1. The van der Waals surface area contributed by atoms with E-state index in [9.17, 15) is 14.4 Å². The molecule has 0 saturated heterocycles. The summed E-state index contributed by atoms with van der Waals surface area (Å²) in [5.74, 6) is -0.197. The topological polar surface area (TPSA) is 132 Å². The zero-order valence-corrected chi connectivity index (χ0v) is 18.3. The zero-order chi connectivity index (χ0) is 23.7. The molecule has 4 rings (SSSR count). The van der Waals surface area contributed by atoms with E-state index in [2.05, 4.69) is 20.3 Å². The fraction of sp³-hybridized carbons (Fsp3) is 0.136. The molecule has 0 amide bonds. The molecule has 11 heteroatoms. The van der Waals surface area contributed by atoms with Crippen molar-refractivity contribution in [3.05, 3.63) is 75.2 Å². The second-order valence-corrected chi connectivity index (χ2v) is 7.44. The Morgan fingerprint density at radius 3 is 2.82 bits per heavy atom. The molecule has 0 saturated carbocycles. The van der Waals surface area contributed by atoms with Crippen LogP contribution in [0.25, 0.3) is 16.6 Å². The first-order chi connectivity index (χ1) is 15.8. The molecule has 0 radical (unpaired) electrons. The van der Waals surface area contributed by atoms with E-state index < -0.39 is 17.4 Å². The van der Waals surface area contributed by atoms with Crippen LogP contribution in [0.2, 0.25) is 5.02 Å². The standard InChI is InChI=1S/C22H17ClFN7O2/c1-11(28-19-12(9-25)10-27-22(26)30-19)20-29-16-5-3-4-14(23)18(16)21(32)31(20)13-6-7-15(24)17(8-13)33-2/h3-8,10-11H,1-2H3,(H3,26,27,28,30)/t11-/m1/s1. The number of ether oxygens (including phenoxy) is 1. The number of hydrogen-bond donors (Lipinski definition) is 2. The summed E-state index contributed by atoms with van der Waals surface area (Å²) in [6.07, 6.45) is 1.29. The van der Waals surface area contributed by atoms with Crippen LogP contribution in [-0.2, 0) is 0 Å². The molecule has 1 atom stereocenters. The second kappa shape index (κ2) is 8.72. The molecule has 9 nitrogen and oxygen atoms in total. The van der Waals surface area contributed by atoms with E-state index in [1.807, 2.05) is 6.07 Å². The average Bonchev–Trinajstić information content (AvgIpc) is 2.79. The maximum absolute atomic E-state index is 14.1. The van der Waals surface area contributed by atoms with Crippen LogP contribution < -0.4 is 21.3 Å². The van der Waals surface area contributed by atoms with Crippen LogP contribution in [-0.4, -0.2) is 26.6 Å². The van der Waals surface area contributed by atoms with Crippen molar-refractivity contribution >= 4 is 34.3 Å². The molecule has 0 bridgehead atoms. The SMILES string of the molecule is COc1cc(-n2c([C@@H](C)Nc3nc(N)ncc3C#N)nc3cccc(Cl)c3c2=O)ccc1F. The number of aromatic nitrogens is 4. The first-order valence-electron chi connectivity index (χ1n) is 9.68. The Labute approximate surface area is 192 Å². The lowest BCUT2D eigenvalue weighted by Gasteiger charge is -2.21. The van der Waals surface area contributed by atoms with Gasteiger partial charge in [0.15, 0.2) is 11.6 Å². The molecule has 0 aliphatic heterocycles. The number of nitrogen functional groups attached to an aromatic ring is 1. The lowest BCUT2D eigenvalue weighted by Crippen LogP contribution is -2.28. The first-order valence-corrected chi connectivity index (χ1v) is 10.1. The molecular weight excluding hydrogens is 449 g/mol. The Morgan fingerprint density at radius 1 is 1.30 bits per heavy atom. The van der Waals surface area contributed by atoms with E-state index in [1.54, 1.807) is 25.1 Å². The van der Waals surface area contributed by atoms with Crippen LogP contribution in [0.5, 0.6) is 5.75 Å². The van der Waals surface area contributed by atoms with Gasteiger partial charge in [0.1, 0.15) is 23.3 Å². The van der Waals surface area contributed by atoms with Crippen molar-refractivity contribution in [2.75, 3.05) is 18.2 Å². The van der Waals surface area contributed by atoms with Gasteiger partial charge in [-0.25, -0.2) is 14.4 Å². The zero-order valence-electron chi connectivity index (χ0n) is 17.5. The molecule has 0 spiro atoms. The smallest absolute Gasteiger partial charge is 0.267 e. The van der Waals surface area contributed by atoms with Crippen molar-refractivity contribution < 1.29 is 9.13 Å². The summed E-state index contributed by atoms with van der Waals surface area (Å²) in [5.41, 5.74) is 6.08. The van der Waals surface area contributed by atoms with Gasteiger partial charge in [-0.1, -0.05) is 17.7 Å². The summed E-state index contributed by atoms with van der Waals surface area (Å²) in [7, 11) is 1.33. The summed E-state index contributed by atoms with van der Waals surface area (Å²) in [6.45, 7) is 1.73. The quantitative estimate of drug-likeness (QED) is 0.457. The average molecular weight is 466 g/mol. The molecule has 0 fully saturated rings. The van der Waals surface area contributed by atoms with Gasteiger partial charge in [-0.2, -0.15) is 10.2 Å². The van der Waals surface area contributed by atoms with Gasteiger partial charge in [0.05, 0.1) is 41.0 Å². The lowest BCUT2D eigenvalue weighted by molar-refractivity contribution is 0.386. The Balaban J connectivity index is 1.96. The third-order valence-corrected chi connectivity index (χ3v) is 5.25. The lowest BCUT2D eigenvalue weighted by atomic mass is 10.2. The highest BCUT2D eigenvalue weighted by Crippen LogP contribution is 2.27. The minimum atomic E-state index is -0.640. The van der Waals surface area contributed by atoms with E-state index in [0.29, 0.717) is 11.2 Å². The van der Waals surface area contributed by atoms with Crippen molar-refractivity contribution in [1.29, 1.82) is 5.26 Å². The van der Waals surface area contributed by atoms with Crippen molar-refractivity contribution in [3.63, 3.8) is 0 Å². The predicted molar refractivity (Wildman–Crippen MR) is 122 cm³/mol. The van der Waals surface area contributed by atoms with Crippen molar-refractivity contribution in [2.45, 2.75) is 13.0 Å². The molecule has 33 heavy (non-hydrogen) atoms. The second-order valence-electron chi connectivity index (χ2n) is 7.03. The maximum atomic E-state index is 14.1. The maximum Gasteiger partial charge on any atom is 0.267 e. The Kier molecular flexibility index (Phi) is 5.81. The third-order valence-electron chi connectivity index (χ3n) is 4.93. The van der Waals surface area contributed by atoms with Crippen molar-refractivity contribution in [1.82, 2.24) is 19.5 Å². The number of nitrogens with one attached hydrogen (secondary N) is 1. The number of nitrogens with zero attached hydrogens (tertiary/aromatic N) is 5. The summed E-state index contributed by atoms with van der Waals surface area (Å²) in [4.78, 5) is 26.1. The van der Waals surface area contributed by atoms with Crippen molar-refractivity contribution in [3.8, 4) is 17.5 Å². The summed E-state index contributed by atoms with van der Waals surface area (Å²) < 4.78 is 20.4. The van der Waals surface area contributed by atoms with Crippen LogP contribution in [0, 0.1) is 17.1 Å². The van der Waals surface area contributed by atoms with Crippen LogP contribution >= 0.6 is 11.6 Å². The molecule has 0 unspecified atom stereocenters. The number of benzene rings is 2. The van der Waals surface area contributed by atoms with E-state index in [4.69, 9.17) is 22.1 Å². The predicted octanol–water partition coefficient (Wildman–Crippen LogP) is 3.60. The van der Waals surface area contributed by atoms with Gasteiger partial charge in [-0.3, -0.25) is 9.36 Å². The van der Waals surface area contributed by atoms with E-state index >= 15 is 0 Å². The Bertz CT molecular complexity index is 1480. The van der Waals surface area contributed by atoms with Crippen LogP contribution in [0.1, 0.15) is 24.4 Å². The minimum Gasteiger partial charge on any atom is -0.494 e. The van der Waals surface area contributed by atoms with Gasteiger partial charge in [-0.05, 0) is 31.2 Å². The highest BCUT2D eigenvalue weighted by Gasteiger charge is 2.21. The minimum absolute atomic E-state index is 0.0254. The number of halogens is 2. The molecule has 166 valence electrons. The molecule has 0 aliphatic carbocycles. The molecular formula is C22H17ClFN7O2. The van der Waals surface area contributed by atoms with Gasteiger partial charge in [0, 0.05) is 6.07 Å². The number of nitrogens with two attached hydrogens (primary N) is 1. The largest absolute Gasteiger partial charge is 0.494 e. The van der Waals surface area contributed by atoms with E-state index in [-0.39, 0.29) is 39.3 Å². The van der Waals surface area contributed by atoms with Gasteiger partial charge in [0.25, 0.3) is 5.56 Å². The molecule has 2 heterocycles. The number of hydrogen-bond acceptors (Lipinski definition) is 8. The van der Waals surface area contributed by atoms with E-state index in [1.165, 1.54) is 36.1 Å². The fourth-order valence-corrected chi connectivity index (χ4v) is 3.64. The molecule has 3 N–H and O–H groups in total.